The number of carbonyl (C=O) groups excluding carboxylic acids is 1. The summed E-state index contributed by atoms with van der Waals surface area (Å²) in [5, 5.41) is 0. The molecule has 0 aromatic rings. The zero-order chi connectivity index (χ0) is 11.6. The van der Waals surface area contributed by atoms with Crippen LogP contribution in [0, 0.1) is 5.92 Å². The summed E-state index contributed by atoms with van der Waals surface area (Å²) in [7, 11) is 0. The first-order valence-electron chi connectivity index (χ1n) is 6.60. The van der Waals surface area contributed by atoms with E-state index in [4.69, 9.17) is 10.5 Å². The second-order valence-electron chi connectivity index (χ2n) is 5.37. The molecule has 1 aliphatic heterocycles. The third kappa shape index (κ3) is 2.30. The molecule has 0 amide bonds. The van der Waals surface area contributed by atoms with Crippen molar-refractivity contribution >= 4 is 5.78 Å². The fraction of sp³-hybridized carbons (Fsp3) is 0.923. The number of carbonyl (C=O) groups is 1. The Hall–Kier alpha value is -0.410. The van der Waals surface area contributed by atoms with Crippen LogP contribution >= 0.6 is 0 Å². The summed E-state index contributed by atoms with van der Waals surface area (Å²) in [6, 6.07) is -0.245. The molecule has 0 aromatic heterocycles. The summed E-state index contributed by atoms with van der Waals surface area (Å²) >= 11 is 0. The van der Waals surface area contributed by atoms with Gasteiger partial charge in [0.25, 0.3) is 0 Å². The molecule has 2 atom stereocenters. The lowest BCUT2D eigenvalue weighted by atomic mass is 9.70. The van der Waals surface area contributed by atoms with Gasteiger partial charge in [-0.05, 0) is 38.5 Å². The Morgan fingerprint density at radius 1 is 1.56 bits per heavy atom. The summed E-state index contributed by atoms with van der Waals surface area (Å²) in [5.41, 5.74) is 5.98. The minimum absolute atomic E-state index is 0.0600. The highest BCUT2D eigenvalue weighted by Gasteiger charge is 2.44. The average Bonchev–Trinajstić information content (AvgIpc) is 2.26. The highest BCUT2D eigenvalue weighted by atomic mass is 16.5. The number of hydrogen-bond acceptors (Lipinski definition) is 3. The number of ketones is 1. The zero-order valence-electron chi connectivity index (χ0n) is 10.2. The molecular formula is C13H23NO2. The summed E-state index contributed by atoms with van der Waals surface area (Å²) in [4.78, 5) is 12.1. The van der Waals surface area contributed by atoms with Crippen molar-refractivity contribution in [2.45, 2.75) is 63.5 Å². The quantitative estimate of drug-likeness (QED) is 0.796. The molecule has 1 saturated heterocycles. The summed E-state index contributed by atoms with van der Waals surface area (Å²) < 4.78 is 5.83. The Morgan fingerprint density at radius 3 is 2.88 bits per heavy atom. The van der Waals surface area contributed by atoms with E-state index >= 15 is 0 Å². The zero-order valence-corrected chi connectivity index (χ0v) is 10.2. The molecule has 0 radical (unpaired) electrons. The molecule has 2 rings (SSSR count). The van der Waals surface area contributed by atoms with E-state index < -0.39 is 0 Å². The largest absolute Gasteiger partial charge is 0.375 e. The molecule has 1 aliphatic carbocycles. The van der Waals surface area contributed by atoms with Crippen LogP contribution in [-0.4, -0.2) is 24.0 Å². The van der Waals surface area contributed by atoms with Crippen molar-refractivity contribution in [2.75, 3.05) is 6.61 Å². The van der Waals surface area contributed by atoms with Crippen LogP contribution in [0.2, 0.25) is 0 Å². The number of nitrogens with two attached hydrogens (primary N) is 1. The Bertz CT molecular complexity index is 261. The first kappa shape index (κ1) is 12.1. The fourth-order valence-electron chi connectivity index (χ4n) is 2.95. The predicted octanol–water partition coefficient (Wildman–Crippen LogP) is 2.03. The van der Waals surface area contributed by atoms with E-state index in [2.05, 4.69) is 6.92 Å². The molecule has 92 valence electrons. The van der Waals surface area contributed by atoms with Gasteiger partial charge in [-0.1, -0.05) is 13.3 Å². The maximum Gasteiger partial charge on any atom is 0.152 e. The number of hydrogen-bond donors (Lipinski definition) is 1. The van der Waals surface area contributed by atoms with Crippen LogP contribution in [-0.2, 0) is 9.53 Å². The van der Waals surface area contributed by atoms with E-state index in [-0.39, 0.29) is 23.3 Å². The van der Waals surface area contributed by atoms with Gasteiger partial charge < -0.3 is 10.5 Å². The Morgan fingerprint density at radius 2 is 2.31 bits per heavy atom. The highest BCUT2D eigenvalue weighted by molar-refractivity contribution is 5.86. The van der Waals surface area contributed by atoms with Crippen LogP contribution in [0.25, 0.3) is 0 Å². The van der Waals surface area contributed by atoms with Gasteiger partial charge in [-0.2, -0.15) is 0 Å². The molecule has 1 saturated carbocycles. The van der Waals surface area contributed by atoms with E-state index in [1.54, 1.807) is 0 Å². The minimum atomic E-state index is -0.245. The van der Waals surface area contributed by atoms with Crippen molar-refractivity contribution in [1.82, 2.24) is 0 Å². The molecule has 2 N–H and O–H groups in total. The van der Waals surface area contributed by atoms with E-state index in [1.807, 2.05) is 0 Å². The second-order valence-corrected chi connectivity index (χ2v) is 5.37. The Kier molecular flexibility index (Phi) is 3.65. The van der Waals surface area contributed by atoms with Crippen LogP contribution in [0.5, 0.6) is 0 Å². The van der Waals surface area contributed by atoms with Gasteiger partial charge in [-0.3, -0.25) is 4.79 Å². The Labute approximate surface area is 97.7 Å². The van der Waals surface area contributed by atoms with Gasteiger partial charge in [0.05, 0.1) is 11.6 Å². The highest BCUT2D eigenvalue weighted by Crippen LogP contribution is 2.44. The summed E-state index contributed by atoms with van der Waals surface area (Å²) in [5.74, 6) is 0.437. The molecular weight excluding hydrogens is 202 g/mol. The predicted molar refractivity (Wildman–Crippen MR) is 63.1 cm³/mol. The molecule has 2 fully saturated rings. The maximum atomic E-state index is 12.1. The van der Waals surface area contributed by atoms with E-state index in [0.29, 0.717) is 0 Å². The van der Waals surface area contributed by atoms with Gasteiger partial charge in [-0.15, -0.1) is 0 Å². The first-order chi connectivity index (χ1) is 7.67. The molecule has 0 aromatic carbocycles. The Balaban J connectivity index is 1.91. The van der Waals surface area contributed by atoms with Crippen molar-refractivity contribution in [1.29, 1.82) is 0 Å². The van der Waals surface area contributed by atoms with Crippen molar-refractivity contribution in [3.63, 3.8) is 0 Å². The molecule has 3 heteroatoms. The lowest BCUT2D eigenvalue weighted by Crippen LogP contribution is -2.49. The first-order valence-corrected chi connectivity index (χ1v) is 6.60. The number of ether oxygens (including phenoxy) is 1. The topological polar surface area (TPSA) is 52.3 Å². The molecule has 2 aliphatic rings. The van der Waals surface area contributed by atoms with E-state index in [9.17, 15) is 4.79 Å². The third-order valence-electron chi connectivity index (χ3n) is 4.13. The van der Waals surface area contributed by atoms with Crippen molar-refractivity contribution in [3.8, 4) is 0 Å². The molecule has 16 heavy (non-hydrogen) atoms. The van der Waals surface area contributed by atoms with Crippen LogP contribution in [0.3, 0.4) is 0 Å². The number of Topliss-reactive ketones (excluding diaryl/α,β-unsaturated/α-hetero) is 1. The van der Waals surface area contributed by atoms with Gasteiger partial charge in [0.1, 0.15) is 0 Å². The standard InChI is InChI=1S/C13H23NO2/c1-2-4-11(14)12(15)10-5-8-16-13(9-10)6-3-7-13/h10-11H,2-9,14H2,1H3. The van der Waals surface area contributed by atoms with Gasteiger partial charge in [0, 0.05) is 12.5 Å². The SMILES string of the molecule is CCCC(N)C(=O)C1CCOC2(CCC2)C1. The molecule has 2 unspecified atom stereocenters. The van der Waals surface area contributed by atoms with Gasteiger partial charge in [-0.25, -0.2) is 0 Å². The lowest BCUT2D eigenvalue weighted by molar-refractivity contribution is -0.156. The van der Waals surface area contributed by atoms with Gasteiger partial charge >= 0.3 is 0 Å². The monoisotopic (exact) mass is 225 g/mol. The van der Waals surface area contributed by atoms with E-state index in [1.165, 1.54) is 6.42 Å². The van der Waals surface area contributed by atoms with Crippen molar-refractivity contribution in [3.05, 3.63) is 0 Å². The van der Waals surface area contributed by atoms with Crippen LogP contribution in [0.15, 0.2) is 0 Å². The molecule has 1 spiro atoms. The van der Waals surface area contributed by atoms with Crippen LogP contribution < -0.4 is 5.73 Å². The van der Waals surface area contributed by atoms with Gasteiger partial charge in [0.2, 0.25) is 0 Å². The maximum absolute atomic E-state index is 12.1. The minimum Gasteiger partial charge on any atom is -0.375 e. The molecule has 0 bridgehead atoms. The molecule has 3 nitrogen and oxygen atoms in total. The molecule has 1 heterocycles. The number of rotatable bonds is 4. The average molecular weight is 225 g/mol. The summed E-state index contributed by atoms with van der Waals surface area (Å²) in [6.07, 6.45) is 7.13. The van der Waals surface area contributed by atoms with Crippen LogP contribution in [0.4, 0.5) is 0 Å². The smallest absolute Gasteiger partial charge is 0.152 e. The van der Waals surface area contributed by atoms with E-state index in [0.717, 1.165) is 45.1 Å². The van der Waals surface area contributed by atoms with Crippen LogP contribution in [0.1, 0.15) is 51.9 Å². The third-order valence-corrected chi connectivity index (χ3v) is 4.13. The van der Waals surface area contributed by atoms with Crippen molar-refractivity contribution in [2.24, 2.45) is 11.7 Å². The normalized spacial score (nSPS) is 29.8. The second kappa shape index (κ2) is 4.84. The van der Waals surface area contributed by atoms with Gasteiger partial charge in [0.15, 0.2) is 5.78 Å². The summed E-state index contributed by atoms with van der Waals surface area (Å²) in [6.45, 7) is 2.82. The lowest BCUT2D eigenvalue weighted by Gasteiger charge is -2.47. The fourth-order valence-corrected chi connectivity index (χ4v) is 2.95. The van der Waals surface area contributed by atoms with Crippen molar-refractivity contribution < 1.29 is 9.53 Å².